The Morgan fingerprint density at radius 1 is 1.29 bits per heavy atom. The fourth-order valence-corrected chi connectivity index (χ4v) is 3.23. The van der Waals surface area contributed by atoms with Gasteiger partial charge in [-0.1, -0.05) is 18.7 Å². The molecule has 3 rings (SSSR count). The summed E-state index contributed by atoms with van der Waals surface area (Å²) in [4.78, 5) is 23.1. The van der Waals surface area contributed by atoms with Crippen LogP contribution in [0.1, 0.15) is 12.5 Å². The molecule has 31 heavy (non-hydrogen) atoms. The lowest BCUT2D eigenvalue weighted by Crippen LogP contribution is -2.35. The number of benzene rings is 1. The van der Waals surface area contributed by atoms with Gasteiger partial charge >= 0.3 is 0 Å². The lowest BCUT2D eigenvalue weighted by molar-refractivity contribution is -0.111. The Morgan fingerprint density at radius 2 is 2.06 bits per heavy atom. The number of aromatic nitrogens is 1. The molecule has 5 N–H and O–H groups in total. The highest BCUT2D eigenvalue weighted by molar-refractivity contribution is 5.99. The Kier molecular flexibility index (Phi) is 7.53. The smallest absolute Gasteiger partial charge is 0.247 e. The van der Waals surface area contributed by atoms with Crippen molar-refractivity contribution in [2.75, 3.05) is 31.6 Å². The monoisotopic (exact) mass is 420 g/mol. The molecule has 2 aromatic rings. The number of hydrogen-bond acceptors (Lipinski definition) is 6. The second-order valence-electron chi connectivity index (χ2n) is 7.31. The third kappa shape index (κ3) is 6.77. The van der Waals surface area contributed by atoms with Gasteiger partial charge in [-0.25, -0.2) is 9.98 Å². The summed E-state index contributed by atoms with van der Waals surface area (Å²) in [5.74, 6) is 0.512. The molecule has 0 atom stereocenters. The van der Waals surface area contributed by atoms with E-state index in [0.717, 1.165) is 49.7 Å². The maximum absolute atomic E-state index is 11.7. The molecule has 1 saturated heterocycles. The zero-order valence-corrected chi connectivity index (χ0v) is 17.7. The Balaban J connectivity index is 1.98. The first kappa shape index (κ1) is 22.2. The number of carbonyl (C=O) groups is 1. The molecule has 0 bridgehead atoms. The highest BCUT2D eigenvalue weighted by Gasteiger charge is 2.13. The Bertz CT molecular complexity index is 1000. The molecule has 0 saturated carbocycles. The predicted molar refractivity (Wildman–Crippen MR) is 124 cm³/mol. The minimum absolute atomic E-state index is 0.270. The minimum Gasteiger partial charge on any atom is -0.402 e. The highest BCUT2D eigenvalue weighted by atomic mass is 16.5. The van der Waals surface area contributed by atoms with Gasteiger partial charge in [0.15, 0.2) is 5.82 Å². The molecular formula is C23H28N6O2. The molecule has 162 valence electrons. The Hall–Kier alpha value is -3.49. The van der Waals surface area contributed by atoms with Crippen molar-refractivity contribution in [1.82, 2.24) is 9.88 Å². The molecule has 0 unspecified atom stereocenters. The summed E-state index contributed by atoms with van der Waals surface area (Å²) >= 11 is 0. The fraction of sp³-hybridized carbons (Fsp3) is 0.261. The molecule has 2 heterocycles. The van der Waals surface area contributed by atoms with Crippen molar-refractivity contribution in [3.05, 3.63) is 66.4 Å². The second kappa shape index (κ2) is 10.5. The van der Waals surface area contributed by atoms with E-state index < -0.39 is 0 Å². The van der Waals surface area contributed by atoms with Crippen LogP contribution in [0.5, 0.6) is 0 Å². The van der Waals surface area contributed by atoms with E-state index in [-0.39, 0.29) is 11.7 Å². The third-order valence-electron chi connectivity index (χ3n) is 4.61. The topological polar surface area (TPSA) is 119 Å². The van der Waals surface area contributed by atoms with E-state index in [1.54, 1.807) is 13.0 Å². The van der Waals surface area contributed by atoms with Gasteiger partial charge in [-0.15, -0.1) is 0 Å². The fourth-order valence-electron chi connectivity index (χ4n) is 3.23. The van der Waals surface area contributed by atoms with E-state index in [1.165, 1.54) is 6.08 Å². The van der Waals surface area contributed by atoms with E-state index in [1.807, 2.05) is 36.4 Å². The maximum Gasteiger partial charge on any atom is 0.247 e. The molecule has 1 aliphatic heterocycles. The number of pyridine rings is 1. The number of ether oxygens (including phenoxy) is 1. The van der Waals surface area contributed by atoms with Crippen LogP contribution in [0, 0.1) is 0 Å². The average Bonchev–Trinajstić information content (AvgIpc) is 2.73. The van der Waals surface area contributed by atoms with Gasteiger partial charge in [0.25, 0.3) is 0 Å². The van der Waals surface area contributed by atoms with Crippen LogP contribution < -0.4 is 16.8 Å². The number of amidine groups is 1. The number of aliphatic imine (C=N–C) groups is 1. The number of hydrogen-bond donors (Lipinski definition) is 3. The number of allylic oxidation sites excluding steroid dienone is 1. The number of amides is 1. The summed E-state index contributed by atoms with van der Waals surface area (Å²) in [6, 6.07) is 11.4. The van der Waals surface area contributed by atoms with Crippen LogP contribution in [0.25, 0.3) is 11.3 Å². The highest BCUT2D eigenvalue weighted by Crippen LogP contribution is 2.26. The number of nitrogens with zero attached hydrogens (tertiary/aromatic N) is 3. The first-order valence-corrected chi connectivity index (χ1v) is 10.1. The van der Waals surface area contributed by atoms with Gasteiger partial charge in [-0.3, -0.25) is 9.69 Å². The molecule has 1 aromatic heterocycles. The maximum atomic E-state index is 11.7. The van der Waals surface area contributed by atoms with Gasteiger partial charge in [-0.05, 0) is 48.9 Å². The van der Waals surface area contributed by atoms with E-state index >= 15 is 0 Å². The van der Waals surface area contributed by atoms with E-state index in [4.69, 9.17) is 16.2 Å². The summed E-state index contributed by atoms with van der Waals surface area (Å²) in [5, 5.41) is 2.77. The summed E-state index contributed by atoms with van der Waals surface area (Å²) in [5.41, 5.74) is 15.6. The quantitative estimate of drug-likeness (QED) is 0.360. The second-order valence-corrected chi connectivity index (χ2v) is 7.31. The van der Waals surface area contributed by atoms with Crippen molar-refractivity contribution in [3.63, 3.8) is 0 Å². The normalized spacial score (nSPS) is 15.5. The predicted octanol–water partition coefficient (Wildman–Crippen LogP) is 2.56. The number of nitrogens with two attached hydrogens (primary N) is 2. The molecular weight excluding hydrogens is 392 g/mol. The summed E-state index contributed by atoms with van der Waals surface area (Å²) in [6.07, 6.45) is 2.83. The van der Waals surface area contributed by atoms with Crippen LogP contribution in [-0.4, -0.2) is 47.9 Å². The van der Waals surface area contributed by atoms with Crippen LogP contribution in [-0.2, 0) is 16.1 Å². The van der Waals surface area contributed by atoms with Gasteiger partial charge in [0.2, 0.25) is 5.91 Å². The molecule has 0 aliphatic carbocycles. The van der Waals surface area contributed by atoms with Gasteiger partial charge in [-0.2, -0.15) is 0 Å². The zero-order chi connectivity index (χ0) is 22.2. The van der Waals surface area contributed by atoms with E-state index in [0.29, 0.717) is 17.2 Å². The van der Waals surface area contributed by atoms with Crippen LogP contribution in [0.2, 0.25) is 0 Å². The molecule has 1 aliphatic rings. The van der Waals surface area contributed by atoms with Gasteiger partial charge < -0.3 is 21.5 Å². The van der Waals surface area contributed by atoms with Gasteiger partial charge in [0, 0.05) is 36.6 Å². The number of rotatable bonds is 7. The van der Waals surface area contributed by atoms with Crippen LogP contribution in [0.3, 0.4) is 0 Å². The first-order chi connectivity index (χ1) is 14.9. The van der Waals surface area contributed by atoms with Crippen molar-refractivity contribution >= 4 is 23.2 Å². The summed E-state index contributed by atoms with van der Waals surface area (Å²) < 4.78 is 5.45. The van der Waals surface area contributed by atoms with Crippen molar-refractivity contribution < 1.29 is 9.53 Å². The van der Waals surface area contributed by atoms with Crippen molar-refractivity contribution in [1.29, 1.82) is 0 Å². The lowest BCUT2D eigenvalue weighted by Gasteiger charge is -2.26. The molecule has 0 radical (unpaired) electrons. The summed E-state index contributed by atoms with van der Waals surface area (Å²) in [6.45, 7) is 9.18. The standard InChI is InChI=1S/C23H28N6O2/c1-3-23(30)26-19-6-4-5-18(14-19)20-12-17(15-29-7-9-31-10-8-29)13-22(27-20)28-21(25)11-16(2)24/h3-6,11-14H,1,7-10,15,24H2,2H3,(H,26,30)(H2,25,27,28)/b16-11-. The Morgan fingerprint density at radius 3 is 2.77 bits per heavy atom. The number of anilines is 1. The third-order valence-corrected chi connectivity index (χ3v) is 4.61. The zero-order valence-electron chi connectivity index (χ0n) is 17.7. The lowest BCUT2D eigenvalue weighted by atomic mass is 10.1. The molecule has 8 heteroatoms. The number of nitrogens with one attached hydrogen (secondary N) is 1. The molecule has 1 aromatic carbocycles. The average molecular weight is 421 g/mol. The molecule has 0 spiro atoms. The summed E-state index contributed by atoms with van der Waals surface area (Å²) in [7, 11) is 0. The largest absolute Gasteiger partial charge is 0.402 e. The molecule has 1 amide bonds. The number of morpholine rings is 1. The van der Waals surface area contributed by atoms with Crippen molar-refractivity contribution in [2.45, 2.75) is 13.5 Å². The SMILES string of the molecule is C=CC(=O)Nc1cccc(-c2cc(CN3CCOCC3)cc(N=C(N)/C=C(/C)N)n2)c1. The molecule has 8 nitrogen and oxygen atoms in total. The van der Waals surface area contributed by atoms with Crippen molar-refractivity contribution in [2.24, 2.45) is 16.5 Å². The van der Waals surface area contributed by atoms with Crippen LogP contribution in [0.15, 0.2) is 65.8 Å². The van der Waals surface area contributed by atoms with E-state index in [9.17, 15) is 4.79 Å². The Labute approximate surface area is 182 Å². The van der Waals surface area contributed by atoms with Gasteiger partial charge in [0.05, 0.1) is 18.9 Å². The van der Waals surface area contributed by atoms with Crippen molar-refractivity contribution in [3.8, 4) is 11.3 Å². The number of carbonyl (C=O) groups excluding carboxylic acids is 1. The van der Waals surface area contributed by atoms with Crippen LogP contribution in [0.4, 0.5) is 11.5 Å². The first-order valence-electron chi connectivity index (χ1n) is 10.1. The van der Waals surface area contributed by atoms with Crippen LogP contribution >= 0.6 is 0 Å². The van der Waals surface area contributed by atoms with Gasteiger partial charge in [0.1, 0.15) is 5.84 Å². The van der Waals surface area contributed by atoms with E-state index in [2.05, 4.69) is 26.8 Å². The molecule has 1 fully saturated rings. The minimum atomic E-state index is -0.270.